The Balaban J connectivity index is 0.00000243. The Hall–Kier alpha value is -1.85. The lowest BCUT2D eigenvalue weighted by molar-refractivity contribution is -0.131. The Morgan fingerprint density at radius 2 is 1.85 bits per heavy atom. The Morgan fingerprint density at radius 1 is 1.12 bits per heavy atom. The van der Waals surface area contributed by atoms with E-state index < -0.39 is 0 Å². The minimum Gasteiger partial charge on any atom is -0.426 e. The lowest BCUT2D eigenvalue weighted by atomic mass is 9.93. The van der Waals surface area contributed by atoms with E-state index in [1.54, 1.807) is 11.3 Å². The van der Waals surface area contributed by atoms with Crippen molar-refractivity contribution in [1.29, 1.82) is 0 Å². The Kier molecular flexibility index (Phi) is 6.84. The Morgan fingerprint density at radius 3 is 2.50 bits per heavy atom. The molecule has 1 aromatic heterocycles. The maximum Gasteiger partial charge on any atom is 0.308 e. The number of thiophene rings is 1. The number of anilines is 1. The predicted octanol–water partition coefficient (Wildman–Crippen LogP) is 6.53. The summed E-state index contributed by atoms with van der Waals surface area (Å²) in [6.07, 6.45) is 2.12. The van der Waals surface area contributed by atoms with Gasteiger partial charge in [0.05, 0.1) is 5.54 Å². The van der Waals surface area contributed by atoms with Gasteiger partial charge in [-0.05, 0) is 36.9 Å². The van der Waals surface area contributed by atoms with Gasteiger partial charge in [-0.1, -0.05) is 43.7 Å². The summed E-state index contributed by atoms with van der Waals surface area (Å²) in [6, 6.07) is 16.2. The van der Waals surface area contributed by atoms with Gasteiger partial charge < -0.3 is 10.1 Å². The van der Waals surface area contributed by atoms with Crippen LogP contribution in [-0.2, 0) is 10.3 Å². The van der Waals surface area contributed by atoms with E-state index in [0.29, 0.717) is 5.75 Å². The number of rotatable bonds is 6. The first-order valence-corrected chi connectivity index (χ1v) is 9.44. The third-order valence-electron chi connectivity index (χ3n) is 4.36. The summed E-state index contributed by atoms with van der Waals surface area (Å²) in [6.45, 7) is 5.88. The molecular formula is C21H24BrNO2S. The van der Waals surface area contributed by atoms with Crippen molar-refractivity contribution in [3.8, 4) is 5.75 Å². The molecule has 26 heavy (non-hydrogen) atoms. The van der Waals surface area contributed by atoms with Crippen molar-refractivity contribution in [2.75, 3.05) is 5.32 Å². The molecule has 1 atom stereocenters. The van der Waals surface area contributed by atoms with E-state index in [-0.39, 0.29) is 28.5 Å². The molecule has 0 aliphatic carbocycles. The fraction of sp³-hybridized carbons (Fsp3) is 0.286. The van der Waals surface area contributed by atoms with Gasteiger partial charge in [0.15, 0.2) is 0 Å². The number of nitrogens with one attached hydrogen (secondary N) is 1. The van der Waals surface area contributed by atoms with E-state index in [1.807, 2.05) is 24.3 Å². The zero-order valence-electron chi connectivity index (χ0n) is 15.2. The van der Waals surface area contributed by atoms with Gasteiger partial charge in [-0.2, -0.15) is 0 Å². The summed E-state index contributed by atoms with van der Waals surface area (Å²) in [7, 11) is 0. The number of hydrogen-bond donors (Lipinski definition) is 1. The average Bonchev–Trinajstić information content (AvgIpc) is 3.11. The quantitative estimate of drug-likeness (QED) is 0.354. The predicted molar refractivity (Wildman–Crippen MR) is 116 cm³/mol. The lowest BCUT2D eigenvalue weighted by Gasteiger charge is -2.31. The van der Waals surface area contributed by atoms with Crippen LogP contribution in [0.25, 0.3) is 10.8 Å². The normalized spacial score (nSPS) is 12.9. The molecule has 0 bridgehead atoms. The summed E-state index contributed by atoms with van der Waals surface area (Å²) in [5.74, 6) is 0.294. The monoisotopic (exact) mass is 433 g/mol. The minimum absolute atomic E-state index is 0. The van der Waals surface area contributed by atoms with Crippen LogP contribution in [0.5, 0.6) is 5.75 Å². The van der Waals surface area contributed by atoms with Crippen LogP contribution >= 0.6 is 28.3 Å². The topological polar surface area (TPSA) is 38.3 Å². The zero-order valence-corrected chi connectivity index (χ0v) is 17.8. The Bertz CT molecular complexity index is 879. The second-order valence-electron chi connectivity index (χ2n) is 6.43. The van der Waals surface area contributed by atoms with Gasteiger partial charge in [-0.15, -0.1) is 28.3 Å². The second-order valence-corrected chi connectivity index (χ2v) is 7.38. The molecule has 0 aliphatic heterocycles. The number of fused-ring (bicyclic) bond motifs is 1. The van der Waals surface area contributed by atoms with Gasteiger partial charge in [0.25, 0.3) is 0 Å². The molecule has 5 heteroatoms. The Labute approximate surface area is 169 Å². The SMILES string of the molecule is Br.CCCC(C)(Nc1cccc2c(OC(C)=O)cccc12)c1cccs1. The zero-order chi connectivity index (χ0) is 17.9. The third-order valence-corrected chi connectivity index (χ3v) is 5.50. The minimum atomic E-state index is -0.305. The van der Waals surface area contributed by atoms with E-state index in [9.17, 15) is 4.79 Å². The van der Waals surface area contributed by atoms with Crippen LogP contribution in [0.4, 0.5) is 5.69 Å². The van der Waals surface area contributed by atoms with Gasteiger partial charge in [0.1, 0.15) is 5.75 Å². The molecule has 0 radical (unpaired) electrons. The number of ether oxygens (including phenoxy) is 1. The molecule has 1 heterocycles. The van der Waals surface area contributed by atoms with Gasteiger partial charge in [0, 0.05) is 28.3 Å². The maximum atomic E-state index is 11.4. The van der Waals surface area contributed by atoms with Crippen molar-refractivity contribution in [3.05, 3.63) is 58.8 Å². The summed E-state index contributed by atoms with van der Waals surface area (Å²) < 4.78 is 5.37. The van der Waals surface area contributed by atoms with Crippen molar-refractivity contribution in [2.24, 2.45) is 0 Å². The summed E-state index contributed by atoms with van der Waals surface area (Å²) >= 11 is 1.77. The first kappa shape index (κ1) is 20.5. The standard InChI is InChI=1S/C21H23NO2S.BrH/c1-4-13-21(3,20-12-7-14-25-20)22-18-10-5-9-17-16(18)8-6-11-19(17)24-15(2)23;/h5-12,14,22H,4,13H2,1-3H3;1H. The molecule has 2 aromatic carbocycles. The summed E-state index contributed by atoms with van der Waals surface area (Å²) in [5.41, 5.74) is 0.921. The molecule has 0 amide bonds. The smallest absolute Gasteiger partial charge is 0.308 e. The van der Waals surface area contributed by atoms with Gasteiger partial charge in [-0.3, -0.25) is 4.79 Å². The molecule has 0 fully saturated rings. The number of benzene rings is 2. The van der Waals surface area contributed by atoms with Crippen molar-refractivity contribution in [2.45, 2.75) is 39.2 Å². The molecule has 0 spiro atoms. The van der Waals surface area contributed by atoms with Crippen LogP contribution in [-0.4, -0.2) is 5.97 Å². The fourth-order valence-electron chi connectivity index (χ4n) is 3.27. The largest absolute Gasteiger partial charge is 0.426 e. The van der Waals surface area contributed by atoms with E-state index in [4.69, 9.17) is 4.74 Å². The first-order chi connectivity index (χ1) is 12.0. The fourth-order valence-corrected chi connectivity index (χ4v) is 4.15. The molecule has 1 unspecified atom stereocenters. The third kappa shape index (κ3) is 4.27. The molecule has 0 saturated carbocycles. The van der Waals surface area contributed by atoms with Crippen LogP contribution in [0.3, 0.4) is 0 Å². The maximum absolute atomic E-state index is 11.4. The van der Waals surface area contributed by atoms with Crippen LogP contribution in [0.2, 0.25) is 0 Å². The first-order valence-electron chi connectivity index (χ1n) is 8.56. The van der Waals surface area contributed by atoms with Crippen molar-refractivity contribution < 1.29 is 9.53 Å². The van der Waals surface area contributed by atoms with E-state index >= 15 is 0 Å². The molecule has 0 aliphatic rings. The number of esters is 1. The highest BCUT2D eigenvalue weighted by molar-refractivity contribution is 8.93. The van der Waals surface area contributed by atoms with Crippen LogP contribution in [0.15, 0.2) is 53.9 Å². The van der Waals surface area contributed by atoms with Gasteiger partial charge >= 0.3 is 5.97 Å². The lowest BCUT2D eigenvalue weighted by Crippen LogP contribution is -2.30. The van der Waals surface area contributed by atoms with Crippen LogP contribution < -0.4 is 10.1 Å². The van der Waals surface area contributed by atoms with E-state index in [2.05, 4.69) is 48.8 Å². The highest BCUT2D eigenvalue weighted by atomic mass is 79.9. The average molecular weight is 434 g/mol. The second kappa shape index (κ2) is 8.69. The van der Waals surface area contributed by atoms with Crippen molar-refractivity contribution in [1.82, 2.24) is 0 Å². The molecule has 138 valence electrons. The molecule has 3 rings (SSSR count). The number of carbonyl (C=O) groups is 1. The molecule has 0 saturated heterocycles. The van der Waals surface area contributed by atoms with Gasteiger partial charge in [-0.25, -0.2) is 0 Å². The highest BCUT2D eigenvalue weighted by Gasteiger charge is 2.27. The molecule has 3 nitrogen and oxygen atoms in total. The summed E-state index contributed by atoms with van der Waals surface area (Å²) in [5, 5.41) is 7.86. The van der Waals surface area contributed by atoms with Crippen molar-refractivity contribution in [3.63, 3.8) is 0 Å². The number of halogens is 1. The van der Waals surface area contributed by atoms with E-state index in [1.165, 1.54) is 11.8 Å². The molecule has 1 N–H and O–H groups in total. The van der Waals surface area contributed by atoms with Gasteiger partial charge in [0.2, 0.25) is 0 Å². The number of carbonyl (C=O) groups excluding carboxylic acids is 1. The molecular weight excluding hydrogens is 410 g/mol. The summed E-state index contributed by atoms with van der Waals surface area (Å²) in [4.78, 5) is 12.7. The van der Waals surface area contributed by atoms with Crippen molar-refractivity contribution >= 4 is 50.7 Å². The number of hydrogen-bond acceptors (Lipinski definition) is 4. The van der Waals surface area contributed by atoms with Crippen LogP contribution in [0, 0.1) is 0 Å². The highest BCUT2D eigenvalue weighted by Crippen LogP contribution is 2.37. The molecule has 3 aromatic rings. The van der Waals surface area contributed by atoms with E-state index in [0.717, 1.165) is 29.3 Å². The van der Waals surface area contributed by atoms with Crippen LogP contribution in [0.1, 0.15) is 38.5 Å².